The molecule has 0 aromatic rings. The first-order chi connectivity index (χ1) is 8.69. The Bertz CT molecular complexity index is 463. The van der Waals surface area contributed by atoms with Crippen molar-refractivity contribution >= 4 is 38.7 Å². The summed E-state index contributed by atoms with van der Waals surface area (Å²) in [5.41, 5.74) is 0. The summed E-state index contributed by atoms with van der Waals surface area (Å²) in [6.45, 7) is 1.99. The van der Waals surface area contributed by atoms with Gasteiger partial charge >= 0.3 is 27.3 Å². The van der Waals surface area contributed by atoms with Gasteiger partial charge in [0.1, 0.15) is 3.42 Å². The summed E-state index contributed by atoms with van der Waals surface area (Å²) in [5.74, 6) is -5.94. The van der Waals surface area contributed by atoms with Crippen molar-refractivity contribution in [3.05, 3.63) is 0 Å². The Balaban J connectivity index is 4.72. The van der Waals surface area contributed by atoms with E-state index in [9.17, 15) is 30.8 Å². The first-order valence-corrected chi connectivity index (χ1v) is 7.79. The molecule has 120 valence electrons. The molecule has 11 heteroatoms. The zero-order valence-corrected chi connectivity index (χ0v) is 13.5. The summed E-state index contributed by atoms with van der Waals surface area (Å²) in [5, 5.41) is -5.65. The molecular weight excluding hydrogens is 423 g/mol. The number of esters is 1. The standard InChI is InChI=1S/C9H13F4IO5S/c1-3-7(2,14)6(15)19-5-4-8(10,11)9(12,13)20(16,17)18/h3-5H2,1-2H3,(H,16,17,18). The van der Waals surface area contributed by atoms with Gasteiger partial charge in [0.15, 0.2) is 0 Å². The van der Waals surface area contributed by atoms with E-state index in [4.69, 9.17) is 4.55 Å². The molecule has 0 rings (SSSR count). The third-order valence-corrected chi connectivity index (χ3v) is 4.64. The molecule has 0 heterocycles. The monoisotopic (exact) mass is 436 g/mol. The van der Waals surface area contributed by atoms with Crippen molar-refractivity contribution in [2.24, 2.45) is 0 Å². The molecule has 0 radical (unpaired) electrons. The van der Waals surface area contributed by atoms with Crippen LogP contribution in [0.5, 0.6) is 0 Å². The highest BCUT2D eigenvalue weighted by Crippen LogP contribution is 2.40. The molecular formula is C9H13F4IO5S. The number of hydrogen-bond acceptors (Lipinski definition) is 4. The molecule has 5 nitrogen and oxygen atoms in total. The van der Waals surface area contributed by atoms with E-state index in [2.05, 4.69) is 4.74 Å². The topological polar surface area (TPSA) is 80.7 Å². The van der Waals surface area contributed by atoms with Crippen LogP contribution in [0, 0.1) is 0 Å². The lowest BCUT2D eigenvalue weighted by molar-refractivity contribution is -0.175. The van der Waals surface area contributed by atoms with Crippen LogP contribution >= 0.6 is 22.6 Å². The van der Waals surface area contributed by atoms with Crippen LogP contribution in [0.25, 0.3) is 0 Å². The molecule has 1 atom stereocenters. The Morgan fingerprint density at radius 2 is 1.75 bits per heavy atom. The van der Waals surface area contributed by atoms with Crippen LogP contribution in [0.4, 0.5) is 17.6 Å². The highest BCUT2D eigenvalue weighted by molar-refractivity contribution is 14.1. The highest BCUT2D eigenvalue weighted by Gasteiger charge is 2.65. The zero-order chi connectivity index (χ0) is 16.4. The van der Waals surface area contributed by atoms with E-state index in [1.165, 1.54) is 6.92 Å². The number of ether oxygens (including phenoxy) is 1. The maximum Gasteiger partial charge on any atom is 0.431 e. The average Bonchev–Trinajstić information content (AvgIpc) is 2.26. The lowest BCUT2D eigenvalue weighted by atomic mass is 10.1. The molecule has 0 bridgehead atoms. The summed E-state index contributed by atoms with van der Waals surface area (Å²) < 4.78 is 83.6. The molecule has 0 amide bonds. The van der Waals surface area contributed by atoms with Gasteiger partial charge in [0.25, 0.3) is 0 Å². The summed E-state index contributed by atoms with van der Waals surface area (Å²) in [4.78, 5) is 11.4. The largest absolute Gasteiger partial charge is 0.464 e. The van der Waals surface area contributed by atoms with Gasteiger partial charge in [0.2, 0.25) is 0 Å². The number of carbonyl (C=O) groups excluding carboxylic acids is 1. The van der Waals surface area contributed by atoms with E-state index in [0.29, 0.717) is 6.42 Å². The van der Waals surface area contributed by atoms with Gasteiger partial charge in [-0.25, -0.2) is 0 Å². The predicted octanol–water partition coefficient (Wildman–Crippen LogP) is 2.64. The summed E-state index contributed by atoms with van der Waals surface area (Å²) in [6, 6.07) is 0. The van der Waals surface area contributed by atoms with Crippen molar-refractivity contribution < 1.29 is 40.1 Å². The minimum absolute atomic E-state index is 0.323. The van der Waals surface area contributed by atoms with Crippen molar-refractivity contribution in [3.8, 4) is 0 Å². The lowest BCUT2D eigenvalue weighted by Gasteiger charge is -2.24. The van der Waals surface area contributed by atoms with E-state index in [0.717, 1.165) is 0 Å². The van der Waals surface area contributed by atoms with Gasteiger partial charge in [-0.2, -0.15) is 26.0 Å². The molecule has 0 aliphatic rings. The summed E-state index contributed by atoms with van der Waals surface area (Å²) in [7, 11) is -6.27. The molecule has 0 spiro atoms. The van der Waals surface area contributed by atoms with Gasteiger partial charge in [-0.15, -0.1) is 0 Å². The quantitative estimate of drug-likeness (QED) is 0.218. The Labute approximate surface area is 126 Å². The van der Waals surface area contributed by atoms with Crippen molar-refractivity contribution in [1.82, 2.24) is 0 Å². The van der Waals surface area contributed by atoms with Gasteiger partial charge < -0.3 is 4.74 Å². The average molecular weight is 436 g/mol. The van der Waals surface area contributed by atoms with E-state index in [-0.39, 0.29) is 0 Å². The van der Waals surface area contributed by atoms with E-state index in [1.807, 2.05) is 0 Å². The third kappa shape index (κ3) is 4.41. The number of carbonyl (C=O) groups is 1. The molecule has 0 saturated carbocycles. The Hall–Kier alpha value is -0.170. The van der Waals surface area contributed by atoms with Gasteiger partial charge in [-0.1, -0.05) is 29.5 Å². The van der Waals surface area contributed by atoms with Gasteiger partial charge in [-0.05, 0) is 13.3 Å². The Morgan fingerprint density at radius 1 is 1.30 bits per heavy atom. The van der Waals surface area contributed by atoms with Crippen LogP contribution in [0.15, 0.2) is 0 Å². The van der Waals surface area contributed by atoms with Crippen molar-refractivity contribution in [3.63, 3.8) is 0 Å². The summed E-state index contributed by atoms with van der Waals surface area (Å²) >= 11 is 1.71. The minimum Gasteiger partial charge on any atom is -0.464 e. The summed E-state index contributed by atoms with van der Waals surface area (Å²) in [6.07, 6.45) is -1.41. The number of alkyl halides is 5. The zero-order valence-electron chi connectivity index (χ0n) is 10.5. The fraction of sp³-hybridized carbons (Fsp3) is 0.889. The maximum absolute atomic E-state index is 13.0. The fourth-order valence-corrected chi connectivity index (χ4v) is 1.54. The minimum atomic E-state index is -6.27. The molecule has 0 aliphatic carbocycles. The van der Waals surface area contributed by atoms with Crippen LogP contribution in [0.3, 0.4) is 0 Å². The molecule has 0 aromatic carbocycles. The molecule has 0 aliphatic heterocycles. The second-order valence-electron chi connectivity index (χ2n) is 4.13. The second-order valence-corrected chi connectivity index (χ2v) is 7.98. The van der Waals surface area contributed by atoms with Crippen molar-refractivity contribution in [2.75, 3.05) is 6.61 Å². The number of hydrogen-bond donors (Lipinski definition) is 1. The predicted molar refractivity (Wildman–Crippen MR) is 69.7 cm³/mol. The van der Waals surface area contributed by atoms with Gasteiger partial charge in [0.05, 0.1) is 13.0 Å². The molecule has 1 unspecified atom stereocenters. The molecule has 1 N–H and O–H groups in total. The lowest BCUT2D eigenvalue weighted by Crippen LogP contribution is -2.47. The Morgan fingerprint density at radius 3 is 2.10 bits per heavy atom. The maximum atomic E-state index is 13.0. The van der Waals surface area contributed by atoms with E-state index < -0.39 is 43.7 Å². The second kappa shape index (κ2) is 6.30. The number of halogens is 5. The van der Waals surface area contributed by atoms with Crippen LogP contribution in [-0.4, -0.2) is 40.1 Å². The third-order valence-electron chi connectivity index (χ3n) is 2.49. The SMILES string of the molecule is CCC(C)(I)C(=O)OCCC(F)(F)C(F)(F)S(=O)(=O)O. The van der Waals surface area contributed by atoms with Crippen molar-refractivity contribution in [1.29, 1.82) is 0 Å². The molecule has 20 heavy (non-hydrogen) atoms. The molecule has 0 aromatic heterocycles. The molecule has 0 saturated heterocycles. The fourth-order valence-electron chi connectivity index (χ4n) is 0.901. The van der Waals surface area contributed by atoms with E-state index in [1.54, 1.807) is 29.5 Å². The van der Waals surface area contributed by atoms with E-state index >= 15 is 0 Å². The van der Waals surface area contributed by atoms with Gasteiger partial charge in [0, 0.05) is 0 Å². The Kier molecular flexibility index (Phi) is 6.24. The van der Waals surface area contributed by atoms with Crippen LogP contribution in [0.2, 0.25) is 0 Å². The van der Waals surface area contributed by atoms with Crippen LogP contribution in [0.1, 0.15) is 26.7 Å². The smallest absolute Gasteiger partial charge is 0.431 e. The van der Waals surface area contributed by atoms with Crippen molar-refractivity contribution in [2.45, 2.75) is 41.3 Å². The number of rotatable bonds is 7. The van der Waals surface area contributed by atoms with Crippen LogP contribution in [-0.2, 0) is 19.6 Å². The first-order valence-electron chi connectivity index (χ1n) is 5.28. The normalized spacial score (nSPS) is 16.6. The van der Waals surface area contributed by atoms with Gasteiger partial charge in [-0.3, -0.25) is 9.35 Å². The molecule has 0 fully saturated rings. The highest BCUT2D eigenvalue weighted by atomic mass is 127. The van der Waals surface area contributed by atoms with Crippen LogP contribution < -0.4 is 0 Å². The first kappa shape index (κ1) is 19.8.